The number of nitrogens with one attached hydrogen (secondary N) is 2. The summed E-state index contributed by atoms with van der Waals surface area (Å²) in [7, 11) is 1.77. The summed E-state index contributed by atoms with van der Waals surface area (Å²) in [6.07, 6.45) is 5.05. The van der Waals surface area contributed by atoms with E-state index in [0.717, 1.165) is 49.7 Å². The van der Waals surface area contributed by atoms with Crippen molar-refractivity contribution >= 4 is 5.96 Å². The summed E-state index contributed by atoms with van der Waals surface area (Å²) in [5.74, 6) is 0.786. The highest BCUT2D eigenvalue weighted by Crippen LogP contribution is 2.05. The highest BCUT2D eigenvalue weighted by atomic mass is 16.5. The summed E-state index contributed by atoms with van der Waals surface area (Å²) in [5, 5.41) is 6.62. The minimum Gasteiger partial charge on any atom is -0.381 e. The highest BCUT2D eigenvalue weighted by molar-refractivity contribution is 5.79. The molecular formula is C22H32N4O2. The van der Waals surface area contributed by atoms with E-state index < -0.39 is 0 Å². The van der Waals surface area contributed by atoms with E-state index in [4.69, 9.17) is 4.74 Å². The van der Waals surface area contributed by atoms with Crippen LogP contribution < -0.4 is 16.2 Å². The van der Waals surface area contributed by atoms with Crippen LogP contribution in [0.4, 0.5) is 0 Å². The molecule has 1 heterocycles. The molecule has 1 aromatic heterocycles. The summed E-state index contributed by atoms with van der Waals surface area (Å²) in [5.41, 5.74) is 2.27. The van der Waals surface area contributed by atoms with Gasteiger partial charge in [0.2, 0.25) is 0 Å². The molecule has 0 aliphatic heterocycles. The Balaban J connectivity index is 1.71. The van der Waals surface area contributed by atoms with Crippen LogP contribution >= 0.6 is 0 Å². The Labute approximate surface area is 167 Å². The minimum atomic E-state index is 0.0129. The van der Waals surface area contributed by atoms with Crippen molar-refractivity contribution in [3.63, 3.8) is 0 Å². The molecule has 0 unspecified atom stereocenters. The zero-order valence-electron chi connectivity index (χ0n) is 17.0. The van der Waals surface area contributed by atoms with Gasteiger partial charge in [0, 0.05) is 45.6 Å². The van der Waals surface area contributed by atoms with Crippen molar-refractivity contribution in [3.05, 3.63) is 70.1 Å². The van der Waals surface area contributed by atoms with Crippen molar-refractivity contribution in [2.75, 3.05) is 26.8 Å². The zero-order chi connectivity index (χ0) is 20.0. The Kier molecular flexibility index (Phi) is 9.86. The summed E-state index contributed by atoms with van der Waals surface area (Å²) in [4.78, 5) is 16.0. The van der Waals surface area contributed by atoms with Crippen LogP contribution in [0.2, 0.25) is 0 Å². The lowest BCUT2D eigenvalue weighted by molar-refractivity contribution is 0.129. The Hall–Kier alpha value is -2.60. The third-order valence-electron chi connectivity index (χ3n) is 4.36. The van der Waals surface area contributed by atoms with Gasteiger partial charge in [-0.15, -0.1) is 0 Å². The minimum absolute atomic E-state index is 0.0129. The standard InChI is InChI=1S/C22H32N4O2/c1-3-4-15-28-16-7-13-24-22(23-2)25-17-19-9-11-20(12-10-19)18-26-14-6-5-8-21(26)27/h5-6,8-12,14H,3-4,7,13,15-18H2,1-2H3,(H2,23,24,25). The molecule has 0 radical (unpaired) electrons. The molecule has 2 aromatic rings. The number of benzene rings is 1. The molecule has 0 fully saturated rings. The van der Waals surface area contributed by atoms with Crippen molar-refractivity contribution in [3.8, 4) is 0 Å². The van der Waals surface area contributed by atoms with Crippen LogP contribution in [0.5, 0.6) is 0 Å². The topological polar surface area (TPSA) is 67.7 Å². The van der Waals surface area contributed by atoms with Gasteiger partial charge in [-0.05, 0) is 30.0 Å². The van der Waals surface area contributed by atoms with Crippen molar-refractivity contribution in [1.82, 2.24) is 15.2 Å². The average molecular weight is 385 g/mol. The summed E-state index contributed by atoms with van der Waals surface area (Å²) < 4.78 is 7.26. The van der Waals surface area contributed by atoms with Gasteiger partial charge in [-0.25, -0.2) is 0 Å². The first-order valence-corrected chi connectivity index (χ1v) is 9.98. The molecule has 2 N–H and O–H groups in total. The quantitative estimate of drug-likeness (QED) is 0.355. The van der Waals surface area contributed by atoms with Gasteiger partial charge in [-0.2, -0.15) is 0 Å². The Morgan fingerprint density at radius 2 is 1.79 bits per heavy atom. The number of aliphatic imine (C=N–C) groups is 1. The largest absolute Gasteiger partial charge is 0.381 e. The molecule has 0 aliphatic rings. The van der Waals surface area contributed by atoms with Gasteiger partial charge in [0.1, 0.15) is 0 Å². The molecule has 152 valence electrons. The molecule has 0 aliphatic carbocycles. The molecule has 6 nitrogen and oxygen atoms in total. The SMILES string of the molecule is CCCCOCCCNC(=NC)NCc1ccc(Cn2ccccc2=O)cc1. The van der Waals surface area contributed by atoms with Gasteiger partial charge in [-0.1, -0.05) is 43.7 Å². The first-order valence-electron chi connectivity index (χ1n) is 9.98. The normalized spacial score (nSPS) is 11.4. The maximum absolute atomic E-state index is 11.8. The van der Waals surface area contributed by atoms with Crippen molar-refractivity contribution in [2.45, 2.75) is 39.3 Å². The maximum Gasteiger partial charge on any atom is 0.250 e. The summed E-state index contributed by atoms with van der Waals surface area (Å²) in [6, 6.07) is 13.5. The predicted octanol–water partition coefficient (Wildman–Crippen LogP) is 2.77. The highest BCUT2D eigenvalue weighted by Gasteiger charge is 2.00. The molecule has 28 heavy (non-hydrogen) atoms. The van der Waals surface area contributed by atoms with Crippen LogP contribution in [0.15, 0.2) is 58.4 Å². The lowest BCUT2D eigenvalue weighted by atomic mass is 10.1. The van der Waals surface area contributed by atoms with Crippen LogP contribution in [0.25, 0.3) is 0 Å². The number of aromatic nitrogens is 1. The van der Waals surface area contributed by atoms with Gasteiger partial charge in [-0.3, -0.25) is 9.79 Å². The Morgan fingerprint density at radius 3 is 2.50 bits per heavy atom. The monoisotopic (exact) mass is 384 g/mol. The molecule has 2 rings (SSSR count). The second-order valence-corrected chi connectivity index (χ2v) is 6.66. The lowest BCUT2D eigenvalue weighted by Gasteiger charge is -2.12. The number of pyridine rings is 1. The van der Waals surface area contributed by atoms with E-state index in [0.29, 0.717) is 13.1 Å². The fourth-order valence-electron chi connectivity index (χ4n) is 2.69. The third-order valence-corrected chi connectivity index (χ3v) is 4.36. The number of hydrogen-bond acceptors (Lipinski definition) is 3. The van der Waals surface area contributed by atoms with Gasteiger partial charge in [0.05, 0.1) is 6.54 Å². The maximum atomic E-state index is 11.8. The summed E-state index contributed by atoms with van der Waals surface area (Å²) in [6.45, 7) is 5.89. The molecular weight excluding hydrogens is 352 g/mol. The second-order valence-electron chi connectivity index (χ2n) is 6.66. The van der Waals surface area contributed by atoms with Crippen molar-refractivity contribution in [2.24, 2.45) is 4.99 Å². The van der Waals surface area contributed by atoms with E-state index in [9.17, 15) is 4.79 Å². The van der Waals surface area contributed by atoms with E-state index in [1.54, 1.807) is 23.7 Å². The third kappa shape index (κ3) is 7.96. The zero-order valence-corrected chi connectivity index (χ0v) is 17.0. The average Bonchev–Trinajstić information content (AvgIpc) is 2.72. The predicted molar refractivity (Wildman–Crippen MR) is 115 cm³/mol. The summed E-state index contributed by atoms with van der Waals surface area (Å²) >= 11 is 0. The number of hydrogen-bond donors (Lipinski definition) is 2. The number of rotatable bonds is 11. The number of unbranched alkanes of at least 4 members (excludes halogenated alkanes) is 1. The van der Waals surface area contributed by atoms with Crippen molar-refractivity contribution in [1.29, 1.82) is 0 Å². The van der Waals surface area contributed by atoms with Crippen LogP contribution in [0.3, 0.4) is 0 Å². The van der Waals surface area contributed by atoms with Gasteiger partial charge in [0.25, 0.3) is 5.56 Å². The Bertz CT molecular complexity index is 769. The smallest absolute Gasteiger partial charge is 0.250 e. The first-order chi connectivity index (χ1) is 13.7. The first kappa shape index (κ1) is 21.7. The molecule has 0 spiro atoms. The second kappa shape index (κ2) is 12.7. The van der Waals surface area contributed by atoms with Crippen LogP contribution in [0.1, 0.15) is 37.3 Å². The van der Waals surface area contributed by atoms with Crippen molar-refractivity contribution < 1.29 is 4.74 Å². The van der Waals surface area contributed by atoms with Gasteiger partial charge in [0.15, 0.2) is 5.96 Å². The molecule has 1 aromatic carbocycles. The van der Waals surface area contributed by atoms with Gasteiger partial charge >= 0.3 is 0 Å². The Morgan fingerprint density at radius 1 is 1.04 bits per heavy atom. The number of ether oxygens (including phenoxy) is 1. The molecule has 6 heteroatoms. The molecule has 0 saturated carbocycles. The fraction of sp³-hybridized carbons (Fsp3) is 0.455. The van der Waals surface area contributed by atoms with E-state index >= 15 is 0 Å². The number of nitrogens with zero attached hydrogens (tertiary/aromatic N) is 2. The van der Waals surface area contributed by atoms with Crippen LogP contribution in [0, 0.1) is 0 Å². The molecule has 0 bridgehead atoms. The molecule has 0 saturated heterocycles. The van der Waals surface area contributed by atoms with E-state index in [2.05, 4.69) is 46.8 Å². The van der Waals surface area contributed by atoms with E-state index in [1.807, 2.05) is 12.3 Å². The van der Waals surface area contributed by atoms with E-state index in [1.165, 1.54) is 6.42 Å². The van der Waals surface area contributed by atoms with Gasteiger partial charge < -0.3 is 19.9 Å². The van der Waals surface area contributed by atoms with Crippen LogP contribution in [-0.4, -0.2) is 37.3 Å². The van der Waals surface area contributed by atoms with E-state index in [-0.39, 0.29) is 5.56 Å². The van der Waals surface area contributed by atoms with Crippen LogP contribution in [-0.2, 0) is 17.8 Å². The molecule has 0 amide bonds. The fourth-order valence-corrected chi connectivity index (χ4v) is 2.69. The number of guanidine groups is 1. The molecule has 0 atom stereocenters. The lowest BCUT2D eigenvalue weighted by Crippen LogP contribution is -2.37.